The summed E-state index contributed by atoms with van der Waals surface area (Å²) in [6.45, 7) is 7.82. The molecule has 0 N–H and O–H groups in total. The van der Waals surface area contributed by atoms with Gasteiger partial charge in [0.25, 0.3) is 0 Å². The Kier molecular flexibility index (Phi) is 6.65. The average molecular weight is 333 g/mol. The number of fused-ring (bicyclic) bond motifs is 1. The summed E-state index contributed by atoms with van der Waals surface area (Å²) >= 11 is -2.26. The van der Waals surface area contributed by atoms with E-state index in [-0.39, 0.29) is 41.7 Å². The molecule has 1 aromatic rings. The van der Waals surface area contributed by atoms with E-state index in [1.165, 1.54) is 0 Å². The first kappa shape index (κ1) is 19.6. The Morgan fingerprint density at radius 3 is 2.59 bits per heavy atom. The van der Waals surface area contributed by atoms with Gasteiger partial charge in [0, 0.05) is 11.4 Å². The zero-order chi connectivity index (χ0) is 15.8. The van der Waals surface area contributed by atoms with Gasteiger partial charge in [0.05, 0.1) is 6.04 Å². The number of amides is 1. The van der Waals surface area contributed by atoms with Crippen molar-refractivity contribution in [2.45, 2.75) is 50.7 Å². The maximum absolute atomic E-state index is 12.2. The van der Waals surface area contributed by atoms with Gasteiger partial charge < -0.3 is 14.2 Å². The number of carbonyl (C=O) groups excluding carboxylic acids is 1. The SMILES string of the molecule is CC1c2cccc(S(=O)[O-])c2CCN1C(=O)OC(C)(C)C.[Na+]. The molecule has 0 spiro atoms. The van der Waals surface area contributed by atoms with E-state index in [0.717, 1.165) is 11.1 Å². The largest absolute Gasteiger partial charge is 1.00 e. The molecule has 1 heterocycles. The minimum Gasteiger partial charge on any atom is -0.768 e. The molecule has 2 rings (SSSR count). The Morgan fingerprint density at radius 1 is 1.41 bits per heavy atom. The zero-order valence-electron chi connectivity index (χ0n) is 13.7. The molecular formula is C15H20NNaO4S. The maximum atomic E-state index is 12.2. The van der Waals surface area contributed by atoms with Gasteiger partial charge in [-0.2, -0.15) is 0 Å². The summed E-state index contributed by atoms with van der Waals surface area (Å²) in [4.78, 5) is 14.2. The van der Waals surface area contributed by atoms with E-state index in [4.69, 9.17) is 4.74 Å². The van der Waals surface area contributed by atoms with Crippen LogP contribution >= 0.6 is 0 Å². The predicted octanol–water partition coefficient (Wildman–Crippen LogP) is -0.217. The fourth-order valence-corrected chi connectivity index (χ4v) is 3.17. The second-order valence-corrected chi connectivity index (χ2v) is 7.07. The minimum atomic E-state index is -2.26. The summed E-state index contributed by atoms with van der Waals surface area (Å²) in [6.07, 6.45) is 0.151. The third-order valence-electron chi connectivity index (χ3n) is 3.50. The number of rotatable bonds is 1. The van der Waals surface area contributed by atoms with Crippen LogP contribution in [-0.2, 0) is 22.2 Å². The Balaban J connectivity index is 0.00000242. The maximum Gasteiger partial charge on any atom is 1.00 e. The molecule has 0 bridgehead atoms. The first-order chi connectivity index (χ1) is 9.70. The summed E-state index contributed by atoms with van der Waals surface area (Å²) in [6, 6.07) is 4.97. The molecule has 0 saturated heterocycles. The molecule has 0 fully saturated rings. The molecule has 116 valence electrons. The molecule has 0 saturated carbocycles. The molecule has 22 heavy (non-hydrogen) atoms. The van der Waals surface area contributed by atoms with Crippen LogP contribution in [0.3, 0.4) is 0 Å². The van der Waals surface area contributed by atoms with Gasteiger partial charge in [-0.3, -0.25) is 4.21 Å². The first-order valence-corrected chi connectivity index (χ1v) is 7.99. The summed E-state index contributed by atoms with van der Waals surface area (Å²) in [5, 5.41) is 0. The van der Waals surface area contributed by atoms with Gasteiger partial charge in [0.2, 0.25) is 0 Å². The van der Waals surface area contributed by atoms with E-state index in [0.29, 0.717) is 17.9 Å². The van der Waals surface area contributed by atoms with Crippen molar-refractivity contribution in [3.8, 4) is 0 Å². The van der Waals surface area contributed by atoms with E-state index in [1.807, 2.05) is 33.8 Å². The number of hydrogen-bond donors (Lipinski definition) is 0. The fourth-order valence-electron chi connectivity index (χ4n) is 2.56. The molecule has 7 heteroatoms. The van der Waals surface area contributed by atoms with Crippen molar-refractivity contribution >= 4 is 17.2 Å². The van der Waals surface area contributed by atoms with Crippen LogP contribution in [0.5, 0.6) is 0 Å². The number of nitrogens with zero attached hydrogens (tertiary/aromatic N) is 1. The zero-order valence-corrected chi connectivity index (χ0v) is 16.5. The molecule has 2 atom stereocenters. The van der Waals surface area contributed by atoms with Crippen molar-refractivity contribution in [1.29, 1.82) is 0 Å². The van der Waals surface area contributed by atoms with Crippen LogP contribution in [0.15, 0.2) is 23.1 Å². The van der Waals surface area contributed by atoms with E-state index in [9.17, 15) is 13.6 Å². The Morgan fingerprint density at radius 2 is 2.05 bits per heavy atom. The van der Waals surface area contributed by atoms with Crippen LogP contribution in [0.4, 0.5) is 4.79 Å². The molecule has 0 radical (unpaired) electrons. The summed E-state index contributed by atoms with van der Waals surface area (Å²) < 4.78 is 28.0. The smallest absolute Gasteiger partial charge is 0.768 e. The van der Waals surface area contributed by atoms with Gasteiger partial charge in [0.1, 0.15) is 5.60 Å². The number of carbonyl (C=O) groups is 1. The number of ether oxygens (including phenoxy) is 1. The van der Waals surface area contributed by atoms with Crippen LogP contribution in [0.1, 0.15) is 44.9 Å². The normalized spacial score (nSPS) is 19.0. The molecular weight excluding hydrogens is 313 g/mol. The van der Waals surface area contributed by atoms with Crippen molar-refractivity contribution in [2.24, 2.45) is 0 Å². The molecule has 1 aliphatic heterocycles. The molecule has 0 aromatic heterocycles. The van der Waals surface area contributed by atoms with Crippen LogP contribution in [-0.4, -0.2) is 31.9 Å². The van der Waals surface area contributed by atoms with Gasteiger partial charge in [0.15, 0.2) is 0 Å². The van der Waals surface area contributed by atoms with Crippen molar-refractivity contribution < 1.29 is 47.9 Å². The Labute approximate surface area is 156 Å². The average Bonchev–Trinajstić information content (AvgIpc) is 2.36. The van der Waals surface area contributed by atoms with E-state index in [1.54, 1.807) is 17.0 Å². The van der Waals surface area contributed by atoms with Gasteiger partial charge in [-0.15, -0.1) is 0 Å². The monoisotopic (exact) mass is 333 g/mol. The summed E-state index contributed by atoms with van der Waals surface area (Å²) in [5.74, 6) is 0. The topological polar surface area (TPSA) is 69.7 Å². The third kappa shape index (κ3) is 4.32. The summed E-state index contributed by atoms with van der Waals surface area (Å²) in [5.41, 5.74) is 1.13. The van der Waals surface area contributed by atoms with Gasteiger partial charge in [-0.1, -0.05) is 12.1 Å². The second-order valence-electron chi connectivity index (χ2n) is 6.16. The standard InChI is InChI=1S/C15H21NO4S.Na/c1-10-11-6-5-7-13(21(18)19)12(11)8-9-16(10)14(17)20-15(2,3)4;/h5-7,10H,8-9H2,1-4H3,(H,18,19);/q;+1/p-1. The van der Waals surface area contributed by atoms with Crippen LogP contribution in [0.25, 0.3) is 0 Å². The van der Waals surface area contributed by atoms with Gasteiger partial charge in [-0.25, -0.2) is 4.79 Å². The first-order valence-electron chi connectivity index (χ1n) is 6.91. The second kappa shape index (κ2) is 7.45. The quantitative estimate of drug-likeness (QED) is 0.526. The van der Waals surface area contributed by atoms with Crippen molar-refractivity contribution in [1.82, 2.24) is 4.90 Å². The third-order valence-corrected chi connectivity index (χ3v) is 4.24. The van der Waals surface area contributed by atoms with Gasteiger partial charge in [-0.05, 0) is 62.4 Å². The Hall–Kier alpha value is -0.400. The number of benzene rings is 1. The Bertz CT molecular complexity index is 585. The molecule has 2 unspecified atom stereocenters. The van der Waals surface area contributed by atoms with Crippen molar-refractivity contribution in [2.75, 3.05) is 6.54 Å². The summed E-state index contributed by atoms with van der Waals surface area (Å²) in [7, 11) is 0. The predicted molar refractivity (Wildman–Crippen MR) is 78.7 cm³/mol. The van der Waals surface area contributed by atoms with Crippen LogP contribution in [0, 0.1) is 0 Å². The van der Waals surface area contributed by atoms with E-state index >= 15 is 0 Å². The molecule has 1 amide bonds. The van der Waals surface area contributed by atoms with Crippen LogP contribution in [0.2, 0.25) is 0 Å². The van der Waals surface area contributed by atoms with Crippen molar-refractivity contribution in [3.63, 3.8) is 0 Å². The molecule has 0 aliphatic carbocycles. The number of hydrogen-bond acceptors (Lipinski definition) is 4. The van der Waals surface area contributed by atoms with Crippen LogP contribution < -0.4 is 29.6 Å². The molecule has 1 aromatic carbocycles. The van der Waals surface area contributed by atoms with Crippen molar-refractivity contribution in [3.05, 3.63) is 29.3 Å². The van der Waals surface area contributed by atoms with Gasteiger partial charge >= 0.3 is 35.7 Å². The minimum absolute atomic E-state index is 0. The van der Waals surface area contributed by atoms with E-state index < -0.39 is 16.7 Å². The molecule has 1 aliphatic rings. The molecule has 5 nitrogen and oxygen atoms in total. The fraction of sp³-hybridized carbons (Fsp3) is 0.533. The van der Waals surface area contributed by atoms with E-state index in [2.05, 4.69) is 0 Å².